The molecule has 0 aliphatic carbocycles. The summed E-state index contributed by atoms with van der Waals surface area (Å²) in [4.78, 5) is 10.6. The standard InChI is InChI=1S/C13H19FN2O2/c1-2-4-16-9-10-6-11(14)8-12(7-10)18-5-3-13(15)17/h6-8,16H,2-5,9H2,1H3,(H2,15,17). The molecule has 0 spiro atoms. The highest BCUT2D eigenvalue weighted by atomic mass is 19.1. The molecule has 0 heterocycles. The molecule has 3 N–H and O–H groups in total. The van der Waals surface area contributed by atoms with Crippen molar-refractivity contribution in [3.8, 4) is 5.75 Å². The Hall–Kier alpha value is -1.62. The number of nitrogens with one attached hydrogen (secondary N) is 1. The quantitative estimate of drug-likeness (QED) is 0.692. The van der Waals surface area contributed by atoms with Crippen LogP contribution in [0.25, 0.3) is 0 Å². The van der Waals surface area contributed by atoms with Crippen molar-refractivity contribution in [2.75, 3.05) is 13.2 Å². The lowest BCUT2D eigenvalue weighted by Crippen LogP contribution is -2.15. The molecule has 0 unspecified atom stereocenters. The molecule has 18 heavy (non-hydrogen) atoms. The molecule has 1 rings (SSSR count). The summed E-state index contributed by atoms with van der Waals surface area (Å²) in [6.45, 7) is 3.71. The Balaban J connectivity index is 2.54. The number of amides is 1. The summed E-state index contributed by atoms with van der Waals surface area (Å²) in [5.74, 6) is -0.360. The Kier molecular flexibility index (Phi) is 6.14. The molecule has 0 bridgehead atoms. The maximum absolute atomic E-state index is 13.3. The smallest absolute Gasteiger partial charge is 0.220 e. The second kappa shape index (κ2) is 7.66. The van der Waals surface area contributed by atoms with Crippen LogP contribution < -0.4 is 15.8 Å². The summed E-state index contributed by atoms with van der Waals surface area (Å²) in [6.07, 6.45) is 1.15. The molecular weight excluding hydrogens is 235 g/mol. The highest BCUT2D eigenvalue weighted by Crippen LogP contribution is 2.16. The maximum atomic E-state index is 13.3. The molecule has 0 aromatic heterocycles. The largest absolute Gasteiger partial charge is 0.493 e. The van der Waals surface area contributed by atoms with Gasteiger partial charge in [0.15, 0.2) is 0 Å². The fraction of sp³-hybridized carbons (Fsp3) is 0.462. The molecule has 0 fully saturated rings. The van der Waals surface area contributed by atoms with Gasteiger partial charge in [-0.1, -0.05) is 6.92 Å². The highest BCUT2D eigenvalue weighted by Gasteiger charge is 2.03. The first-order valence-electron chi connectivity index (χ1n) is 6.03. The van der Waals surface area contributed by atoms with Gasteiger partial charge in [0.05, 0.1) is 13.0 Å². The average molecular weight is 254 g/mol. The molecular formula is C13H19FN2O2. The molecule has 0 saturated carbocycles. The predicted molar refractivity (Wildman–Crippen MR) is 67.7 cm³/mol. The van der Waals surface area contributed by atoms with Gasteiger partial charge in [-0.15, -0.1) is 0 Å². The predicted octanol–water partition coefficient (Wildman–Crippen LogP) is 1.58. The Morgan fingerprint density at radius 3 is 2.89 bits per heavy atom. The minimum Gasteiger partial charge on any atom is -0.493 e. The molecule has 0 saturated heterocycles. The van der Waals surface area contributed by atoms with E-state index in [-0.39, 0.29) is 18.8 Å². The van der Waals surface area contributed by atoms with Crippen LogP contribution in [-0.4, -0.2) is 19.1 Å². The van der Waals surface area contributed by atoms with Crippen molar-refractivity contribution in [2.45, 2.75) is 26.3 Å². The molecule has 0 aliphatic heterocycles. The van der Waals surface area contributed by atoms with E-state index in [1.807, 2.05) is 0 Å². The van der Waals surface area contributed by atoms with E-state index in [0.29, 0.717) is 12.3 Å². The lowest BCUT2D eigenvalue weighted by atomic mass is 10.2. The van der Waals surface area contributed by atoms with E-state index in [0.717, 1.165) is 18.5 Å². The first-order chi connectivity index (χ1) is 8.61. The van der Waals surface area contributed by atoms with E-state index in [9.17, 15) is 9.18 Å². The Bertz CT molecular complexity index is 397. The second-order valence-corrected chi connectivity index (χ2v) is 4.04. The summed E-state index contributed by atoms with van der Waals surface area (Å²) in [6, 6.07) is 4.51. The van der Waals surface area contributed by atoms with Gasteiger partial charge >= 0.3 is 0 Å². The van der Waals surface area contributed by atoms with E-state index in [1.165, 1.54) is 12.1 Å². The Morgan fingerprint density at radius 1 is 1.44 bits per heavy atom. The number of ether oxygens (including phenoxy) is 1. The van der Waals surface area contributed by atoms with E-state index < -0.39 is 5.91 Å². The zero-order chi connectivity index (χ0) is 13.4. The van der Waals surface area contributed by atoms with Crippen molar-refractivity contribution in [1.82, 2.24) is 5.32 Å². The maximum Gasteiger partial charge on any atom is 0.220 e. The third-order valence-electron chi connectivity index (χ3n) is 2.30. The second-order valence-electron chi connectivity index (χ2n) is 4.04. The Labute approximate surface area is 106 Å². The number of halogens is 1. The molecule has 100 valence electrons. The van der Waals surface area contributed by atoms with Gasteiger partial charge in [-0.25, -0.2) is 4.39 Å². The average Bonchev–Trinajstić information content (AvgIpc) is 2.28. The number of rotatable bonds is 8. The van der Waals surface area contributed by atoms with Crippen LogP contribution in [0.3, 0.4) is 0 Å². The summed E-state index contributed by atoms with van der Waals surface area (Å²) in [5.41, 5.74) is 5.81. The normalized spacial score (nSPS) is 10.3. The van der Waals surface area contributed by atoms with Gasteiger partial charge in [-0.3, -0.25) is 4.79 Å². The van der Waals surface area contributed by atoms with Crippen LogP contribution in [-0.2, 0) is 11.3 Å². The number of carbonyl (C=O) groups is 1. The summed E-state index contributed by atoms with van der Waals surface area (Å²) in [5, 5.41) is 3.18. The number of carbonyl (C=O) groups excluding carboxylic acids is 1. The van der Waals surface area contributed by atoms with Gasteiger partial charge in [-0.05, 0) is 30.7 Å². The van der Waals surface area contributed by atoms with Gasteiger partial charge in [-0.2, -0.15) is 0 Å². The van der Waals surface area contributed by atoms with E-state index in [2.05, 4.69) is 12.2 Å². The van der Waals surface area contributed by atoms with Crippen molar-refractivity contribution in [3.05, 3.63) is 29.6 Å². The lowest BCUT2D eigenvalue weighted by molar-refractivity contribution is -0.118. The number of nitrogens with two attached hydrogens (primary N) is 1. The minimum absolute atomic E-state index is 0.125. The number of primary amides is 1. The molecule has 4 nitrogen and oxygen atoms in total. The summed E-state index contributed by atoms with van der Waals surface area (Å²) < 4.78 is 18.6. The van der Waals surface area contributed by atoms with Gasteiger partial charge in [0.2, 0.25) is 5.91 Å². The van der Waals surface area contributed by atoms with Crippen LogP contribution in [0.1, 0.15) is 25.3 Å². The lowest BCUT2D eigenvalue weighted by Gasteiger charge is -2.08. The van der Waals surface area contributed by atoms with Gasteiger partial charge in [0.25, 0.3) is 0 Å². The molecule has 1 aromatic rings. The van der Waals surface area contributed by atoms with Crippen LogP contribution in [0.5, 0.6) is 5.75 Å². The SMILES string of the molecule is CCCNCc1cc(F)cc(OCCC(N)=O)c1. The monoisotopic (exact) mass is 254 g/mol. The fourth-order valence-corrected chi connectivity index (χ4v) is 1.49. The van der Waals surface area contributed by atoms with Crippen LogP contribution in [0, 0.1) is 5.82 Å². The third kappa shape index (κ3) is 5.63. The summed E-state index contributed by atoms with van der Waals surface area (Å²) >= 11 is 0. The van der Waals surface area contributed by atoms with Crippen LogP contribution >= 0.6 is 0 Å². The molecule has 0 atom stereocenters. The zero-order valence-corrected chi connectivity index (χ0v) is 10.5. The van der Waals surface area contributed by atoms with Gasteiger partial charge in [0.1, 0.15) is 11.6 Å². The summed E-state index contributed by atoms with van der Waals surface area (Å²) in [7, 11) is 0. The van der Waals surface area contributed by atoms with Crippen molar-refractivity contribution in [1.29, 1.82) is 0 Å². The van der Waals surface area contributed by atoms with Crippen LogP contribution in [0.15, 0.2) is 18.2 Å². The van der Waals surface area contributed by atoms with Crippen LogP contribution in [0.2, 0.25) is 0 Å². The zero-order valence-electron chi connectivity index (χ0n) is 10.5. The molecule has 1 aromatic carbocycles. The highest BCUT2D eigenvalue weighted by molar-refractivity contribution is 5.73. The molecule has 0 aliphatic rings. The topological polar surface area (TPSA) is 64.3 Å². The number of benzene rings is 1. The van der Waals surface area contributed by atoms with Gasteiger partial charge in [0, 0.05) is 12.6 Å². The Morgan fingerprint density at radius 2 is 2.22 bits per heavy atom. The van der Waals surface area contributed by atoms with E-state index in [4.69, 9.17) is 10.5 Å². The third-order valence-corrected chi connectivity index (χ3v) is 2.30. The number of hydrogen-bond donors (Lipinski definition) is 2. The first-order valence-corrected chi connectivity index (χ1v) is 6.03. The van der Waals surface area contributed by atoms with Crippen molar-refractivity contribution >= 4 is 5.91 Å². The fourth-order valence-electron chi connectivity index (χ4n) is 1.49. The van der Waals surface area contributed by atoms with Gasteiger partial charge < -0.3 is 15.8 Å². The number of hydrogen-bond acceptors (Lipinski definition) is 3. The first kappa shape index (κ1) is 14.4. The van der Waals surface area contributed by atoms with E-state index >= 15 is 0 Å². The minimum atomic E-state index is -0.434. The molecule has 0 radical (unpaired) electrons. The van der Waals surface area contributed by atoms with Crippen LogP contribution in [0.4, 0.5) is 4.39 Å². The van der Waals surface area contributed by atoms with Crippen molar-refractivity contribution in [2.24, 2.45) is 5.73 Å². The molecule has 5 heteroatoms. The molecule has 1 amide bonds. The van der Waals surface area contributed by atoms with E-state index in [1.54, 1.807) is 6.07 Å². The van der Waals surface area contributed by atoms with Crippen molar-refractivity contribution in [3.63, 3.8) is 0 Å². The van der Waals surface area contributed by atoms with Crippen molar-refractivity contribution < 1.29 is 13.9 Å².